The van der Waals surface area contributed by atoms with Crippen LogP contribution in [0.3, 0.4) is 0 Å². The molecule has 0 aliphatic rings. The summed E-state index contributed by atoms with van der Waals surface area (Å²) >= 11 is 0. The van der Waals surface area contributed by atoms with Gasteiger partial charge in [-0.25, -0.2) is 4.39 Å². The standard InChI is InChI=1S/C20H23FN2O2/c1-15(18-6-4-3-5-7-18)23(16(2)24)13-12-22-20(25)14-17-8-10-19(21)11-9-17/h3-11,15H,12-14H2,1-2H3,(H,22,25). The first-order valence-electron chi connectivity index (χ1n) is 8.30. The van der Waals surface area contributed by atoms with E-state index in [9.17, 15) is 14.0 Å². The zero-order chi connectivity index (χ0) is 18.2. The molecular weight excluding hydrogens is 319 g/mol. The molecule has 0 aliphatic heterocycles. The summed E-state index contributed by atoms with van der Waals surface area (Å²) in [5.41, 5.74) is 1.80. The van der Waals surface area contributed by atoms with Gasteiger partial charge in [-0.15, -0.1) is 0 Å². The van der Waals surface area contributed by atoms with Gasteiger partial charge >= 0.3 is 0 Å². The molecule has 25 heavy (non-hydrogen) atoms. The van der Waals surface area contributed by atoms with Crippen molar-refractivity contribution in [2.24, 2.45) is 0 Å². The number of amides is 2. The van der Waals surface area contributed by atoms with E-state index < -0.39 is 0 Å². The minimum absolute atomic E-state index is 0.0378. The Labute approximate surface area is 147 Å². The summed E-state index contributed by atoms with van der Waals surface area (Å²) in [5.74, 6) is -0.511. The van der Waals surface area contributed by atoms with Crippen LogP contribution in [0.2, 0.25) is 0 Å². The second-order valence-electron chi connectivity index (χ2n) is 5.95. The Kier molecular flexibility index (Phi) is 6.69. The van der Waals surface area contributed by atoms with Gasteiger partial charge in [0.1, 0.15) is 5.82 Å². The van der Waals surface area contributed by atoms with Crippen molar-refractivity contribution < 1.29 is 14.0 Å². The Morgan fingerprint density at radius 2 is 1.72 bits per heavy atom. The Morgan fingerprint density at radius 1 is 1.08 bits per heavy atom. The highest BCUT2D eigenvalue weighted by atomic mass is 19.1. The van der Waals surface area contributed by atoms with Crippen molar-refractivity contribution in [1.82, 2.24) is 10.2 Å². The van der Waals surface area contributed by atoms with E-state index in [-0.39, 0.29) is 30.1 Å². The minimum Gasteiger partial charge on any atom is -0.354 e. The van der Waals surface area contributed by atoms with Crippen LogP contribution >= 0.6 is 0 Å². The third-order valence-corrected chi connectivity index (χ3v) is 4.11. The summed E-state index contributed by atoms with van der Waals surface area (Å²) < 4.78 is 12.9. The highest BCUT2D eigenvalue weighted by Gasteiger charge is 2.18. The van der Waals surface area contributed by atoms with Crippen LogP contribution in [0.1, 0.15) is 31.0 Å². The molecule has 0 radical (unpaired) electrons. The lowest BCUT2D eigenvalue weighted by Gasteiger charge is -2.28. The number of hydrogen-bond acceptors (Lipinski definition) is 2. The van der Waals surface area contributed by atoms with Crippen LogP contribution in [0.5, 0.6) is 0 Å². The van der Waals surface area contributed by atoms with Gasteiger partial charge in [-0.3, -0.25) is 9.59 Å². The van der Waals surface area contributed by atoms with E-state index in [2.05, 4.69) is 5.32 Å². The predicted octanol–water partition coefficient (Wildman–Crippen LogP) is 3.09. The molecule has 2 amide bonds. The number of nitrogens with one attached hydrogen (secondary N) is 1. The van der Waals surface area contributed by atoms with Gasteiger partial charge in [-0.2, -0.15) is 0 Å². The van der Waals surface area contributed by atoms with Gasteiger partial charge < -0.3 is 10.2 Å². The quantitative estimate of drug-likeness (QED) is 0.841. The molecule has 2 rings (SSSR count). The van der Waals surface area contributed by atoms with Gasteiger partial charge in [0.15, 0.2) is 0 Å². The molecule has 0 spiro atoms. The van der Waals surface area contributed by atoms with E-state index in [1.165, 1.54) is 19.1 Å². The third-order valence-electron chi connectivity index (χ3n) is 4.11. The fourth-order valence-electron chi connectivity index (χ4n) is 2.70. The van der Waals surface area contributed by atoms with Crippen molar-refractivity contribution >= 4 is 11.8 Å². The van der Waals surface area contributed by atoms with Crippen LogP contribution in [-0.2, 0) is 16.0 Å². The number of carbonyl (C=O) groups excluding carboxylic acids is 2. The van der Waals surface area contributed by atoms with Crippen molar-refractivity contribution in [3.05, 3.63) is 71.5 Å². The average Bonchev–Trinajstić information content (AvgIpc) is 2.60. The van der Waals surface area contributed by atoms with Crippen molar-refractivity contribution in [2.75, 3.05) is 13.1 Å². The van der Waals surface area contributed by atoms with Gasteiger partial charge in [0.2, 0.25) is 11.8 Å². The fourth-order valence-corrected chi connectivity index (χ4v) is 2.70. The van der Waals surface area contributed by atoms with Crippen LogP contribution in [-0.4, -0.2) is 29.8 Å². The zero-order valence-electron chi connectivity index (χ0n) is 14.5. The van der Waals surface area contributed by atoms with Crippen molar-refractivity contribution in [1.29, 1.82) is 0 Å². The molecule has 1 atom stereocenters. The van der Waals surface area contributed by atoms with Crippen LogP contribution in [0, 0.1) is 5.82 Å². The summed E-state index contributed by atoms with van der Waals surface area (Å²) in [4.78, 5) is 25.6. The Hall–Kier alpha value is -2.69. The van der Waals surface area contributed by atoms with Crippen LogP contribution in [0.25, 0.3) is 0 Å². The number of hydrogen-bond donors (Lipinski definition) is 1. The Balaban J connectivity index is 1.85. The number of nitrogens with zero attached hydrogens (tertiary/aromatic N) is 1. The SMILES string of the molecule is CC(=O)N(CCNC(=O)Cc1ccc(F)cc1)C(C)c1ccccc1. The first-order chi connectivity index (χ1) is 12.0. The second-order valence-corrected chi connectivity index (χ2v) is 5.95. The highest BCUT2D eigenvalue weighted by molar-refractivity contribution is 5.78. The van der Waals surface area contributed by atoms with Gasteiger partial charge in [0.25, 0.3) is 0 Å². The maximum Gasteiger partial charge on any atom is 0.224 e. The van der Waals surface area contributed by atoms with Gasteiger partial charge in [-0.05, 0) is 30.2 Å². The first kappa shape index (κ1) is 18.6. The van der Waals surface area contributed by atoms with E-state index in [0.29, 0.717) is 13.1 Å². The number of halogens is 1. The molecule has 0 saturated heterocycles. The third kappa shape index (κ3) is 5.71. The lowest BCUT2D eigenvalue weighted by atomic mass is 10.1. The Bertz CT molecular complexity index is 701. The molecular formula is C20H23FN2O2. The minimum atomic E-state index is -0.323. The van der Waals surface area contributed by atoms with E-state index in [1.54, 1.807) is 17.0 Å². The number of carbonyl (C=O) groups is 2. The lowest BCUT2D eigenvalue weighted by molar-refractivity contribution is -0.131. The summed E-state index contributed by atoms with van der Waals surface area (Å²) in [6, 6.07) is 15.6. The molecule has 132 valence electrons. The topological polar surface area (TPSA) is 49.4 Å². The zero-order valence-corrected chi connectivity index (χ0v) is 14.5. The lowest BCUT2D eigenvalue weighted by Crippen LogP contribution is -2.39. The molecule has 1 unspecified atom stereocenters. The molecule has 2 aromatic carbocycles. The van der Waals surface area contributed by atoms with Gasteiger partial charge in [0, 0.05) is 20.0 Å². The van der Waals surface area contributed by atoms with E-state index in [4.69, 9.17) is 0 Å². The molecule has 0 aromatic heterocycles. The van der Waals surface area contributed by atoms with E-state index in [1.807, 2.05) is 37.3 Å². The number of rotatable bonds is 7. The van der Waals surface area contributed by atoms with Crippen molar-refractivity contribution in [3.63, 3.8) is 0 Å². The van der Waals surface area contributed by atoms with Crippen molar-refractivity contribution in [2.45, 2.75) is 26.3 Å². The van der Waals surface area contributed by atoms with Gasteiger partial charge in [-0.1, -0.05) is 42.5 Å². The molecule has 0 aliphatic carbocycles. The van der Waals surface area contributed by atoms with E-state index in [0.717, 1.165) is 11.1 Å². The monoisotopic (exact) mass is 342 g/mol. The molecule has 2 aromatic rings. The maximum absolute atomic E-state index is 12.9. The molecule has 0 heterocycles. The maximum atomic E-state index is 12.9. The smallest absolute Gasteiger partial charge is 0.224 e. The largest absolute Gasteiger partial charge is 0.354 e. The molecule has 4 nitrogen and oxygen atoms in total. The van der Waals surface area contributed by atoms with E-state index >= 15 is 0 Å². The summed E-state index contributed by atoms with van der Waals surface area (Å²) in [5, 5.41) is 2.81. The normalized spacial score (nSPS) is 11.6. The molecule has 0 fully saturated rings. The number of benzene rings is 2. The van der Waals surface area contributed by atoms with Crippen LogP contribution in [0.15, 0.2) is 54.6 Å². The van der Waals surface area contributed by atoms with Crippen LogP contribution in [0.4, 0.5) is 4.39 Å². The summed E-state index contributed by atoms with van der Waals surface area (Å²) in [6.07, 6.45) is 0.189. The first-order valence-corrected chi connectivity index (χ1v) is 8.30. The Morgan fingerprint density at radius 3 is 2.32 bits per heavy atom. The van der Waals surface area contributed by atoms with Gasteiger partial charge in [0.05, 0.1) is 12.5 Å². The molecule has 0 saturated carbocycles. The molecule has 0 bridgehead atoms. The molecule has 1 N–H and O–H groups in total. The molecule has 5 heteroatoms. The average molecular weight is 342 g/mol. The highest BCUT2D eigenvalue weighted by Crippen LogP contribution is 2.19. The predicted molar refractivity (Wildman–Crippen MR) is 95.4 cm³/mol. The summed E-state index contributed by atoms with van der Waals surface area (Å²) in [7, 11) is 0. The fraction of sp³-hybridized carbons (Fsp3) is 0.300. The van der Waals surface area contributed by atoms with Crippen molar-refractivity contribution in [3.8, 4) is 0 Å². The summed E-state index contributed by atoms with van der Waals surface area (Å²) in [6.45, 7) is 4.30. The van der Waals surface area contributed by atoms with Crippen LogP contribution < -0.4 is 5.32 Å². The second kappa shape index (κ2) is 8.97.